The molecule has 5 rings (SSSR count). The average Bonchev–Trinajstić information content (AvgIpc) is 3.55. The van der Waals surface area contributed by atoms with Gasteiger partial charge in [-0.2, -0.15) is 0 Å². The normalized spacial score (nSPS) is 18.9. The number of nitrogens with zero attached hydrogens (tertiary/aromatic N) is 2. The van der Waals surface area contributed by atoms with Crippen molar-refractivity contribution in [2.45, 2.75) is 55.3 Å². The second kappa shape index (κ2) is 10.3. The fourth-order valence-corrected chi connectivity index (χ4v) is 7.39. The van der Waals surface area contributed by atoms with Gasteiger partial charge in [0.25, 0.3) is 5.92 Å². The molecule has 0 radical (unpaired) electrons. The van der Waals surface area contributed by atoms with Gasteiger partial charge in [-0.1, -0.05) is 35.3 Å². The van der Waals surface area contributed by atoms with Gasteiger partial charge in [-0.15, -0.1) is 0 Å². The van der Waals surface area contributed by atoms with E-state index in [1.165, 1.54) is 0 Å². The summed E-state index contributed by atoms with van der Waals surface area (Å²) in [4.78, 5) is 10.1. The third kappa shape index (κ3) is 5.75. The van der Waals surface area contributed by atoms with Gasteiger partial charge in [0.05, 0.1) is 31.9 Å². The lowest BCUT2D eigenvalue weighted by Gasteiger charge is -2.34. The molecule has 0 unspecified atom stereocenters. The SMILES string of the molecule is O=S(=O)(CC1CC1)c1ccc([C@@H](CCCO)c2nc3c(Cl)c(N4CCC(F)(F)CC4)c(Cl)cc3[nH]2)cc1. The predicted octanol–water partition coefficient (Wildman–Crippen LogP) is 6.19. The van der Waals surface area contributed by atoms with Crippen LogP contribution in [0.4, 0.5) is 14.5 Å². The summed E-state index contributed by atoms with van der Waals surface area (Å²) in [6.07, 6.45) is 2.49. The molecule has 1 atom stereocenters. The second-order valence-electron chi connectivity index (χ2n) is 10.1. The zero-order chi connectivity index (χ0) is 26.4. The number of H-pyrrole nitrogens is 1. The zero-order valence-corrected chi connectivity index (χ0v) is 22.5. The third-order valence-corrected chi connectivity index (χ3v) is 9.80. The van der Waals surface area contributed by atoms with Crippen LogP contribution in [0.5, 0.6) is 0 Å². The molecule has 1 aliphatic carbocycles. The van der Waals surface area contributed by atoms with Crippen molar-refractivity contribution in [3.8, 4) is 0 Å². The molecule has 1 saturated carbocycles. The number of aliphatic hydroxyl groups is 1. The van der Waals surface area contributed by atoms with Gasteiger partial charge in [-0.3, -0.25) is 0 Å². The summed E-state index contributed by atoms with van der Waals surface area (Å²) >= 11 is 13.3. The van der Waals surface area contributed by atoms with Crippen LogP contribution in [0.3, 0.4) is 0 Å². The number of hydrogen-bond donors (Lipinski definition) is 2. The van der Waals surface area contributed by atoms with Crippen LogP contribution in [0.25, 0.3) is 11.0 Å². The zero-order valence-electron chi connectivity index (χ0n) is 20.2. The first kappa shape index (κ1) is 26.7. The lowest BCUT2D eigenvalue weighted by molar-refractivity contribution is -0.0220. The highest BCUT2D eigenvalue weighted by Crippen LogP contribution is 2.43. The van der Waals surface area contributed by atoms with Crippen molar-refractivity contribution in [1.29, 1.82) is 0 Å². The van der Waals surface area contributed by atoms with E-state index in [-0.39, 0.29) is 50.1 Å². The Hall–Kier alpha value is -1.94. The molecule has 0 bridgehead atoms. The van der Waals surface area contributed by atoms with Gasteiger partial charge in [0.15, 0.2) is 9.84 Å². The first-order chi connectivity index (χ1) is 17.6. The largest absolute Gasteiger partial charge is 0.396 e. The lowest BCUT2D eigenvalue weighted by atomic mass is 9.93. The van der Waals surface area contributed by atoms with E-state index >= 15 is 0 Å². The molecule has 37 heavy (non-hydrogen) atoms. The molecule has 1 saturated heterocycles. The van der Waals surface area contributed by atoms with Gasteiger partial charge in [0.1, 0.15) is 11.3 Å². The van der Waals surface area contributed by atoms with Crippen molar-refractivity contribution in [2.24, 2.45) is 5.92 Å². The van der Waals surface area contributed by atoms with Crippen molar-refractivity contribution in [1.82, 2.24) is 9.97 Å². The monoisotopic (exact) mass is 571 g/mol. The number of imidazole rings is 1. The number of aromatic nitrogens is 2. The topological polar surface area (TPSA) is 86.3 Å². The molecule has 1 aromatic heterocycles. The number of aliphatic hydroxyl groups excluding tert-OH is 1. The van der Waals surface area contributed by atoms with E-state index in [0.29, 0.717) is 50.3 Å². The summed E-state index contributed by atoms with van der Waals surface area (Å²) in [5.41, 5.74) is 2.47. The number of halogens is 4. The van der Waals surface area contributed by atoms with Crippen LogP contribution in [0.1, 0.15) is 55.8 Å². The van der Waals surface area contributed by atoms with E-state index in [4.69, 9.17) is 28.2 Å². The number of piperidine rings is 1. The number of alkyl halides is 2. The van der Waals surface area contributed by atoms with E-state index in [1.54, 1.807) is 35.2 Å². The first-order valence-electron chi connectivity index (χ1n) is 12.5. The molecular weight excluding hydrogens is 543 g/mol. The smallest absolute Gasteiger partial charge is 0.251 e. The molecule has 2 aromatic carbocycles. The summed E-state index contributed by atoms with van der Waals surface area (Å²) in [6.45, 7) is 0.287. The highest BCUT2D eigenvalue weighted by atomic mass is 35.5. The molecule has 2 fully saturated rings. The number of fused-ring (bicyclic) bond motifs is 1. The first-order valence-corrected chi connectivity index (χ1v) is 14.9. The quantitative estimate of drug-likeness (QED) is 0.319. The number of nitrogens with one attached hydrogen (secondary N) is 1. The van der Waals surface area contributed by atoms with E-state index < -0.39 is 15.8 Å². The van der Waals surface area contributed by atoms with Crippen LogP contribution in [0.2, 0.25) is 10.0 Å². The minimum atomic E-state index is -3.32. The Balaban J connectivity index is 1.46. The molecule has 0 amide bonds. The van der Waals surface area contributed by atoms with Crippen LogP contribution in [0.15, 0.2) is 35.2 Å². The molecule has 2 heterocycles. The van der Waals surface area contributed by atoms with E-state index in [1.807, 2.05) is 0 Å². The van der Waals surface area contributed by atoms with Crippen molar-refractivity contribution < 1.29 is 22.3 Å². The van der Waals surface area contributed by atoms with Gasteiger partial charge < -0.3 is 15.0 Å². The van der Waals surface area contributed by atoms with Crippen LogP contribution in [0, 0.1) is 5.92 Å². The Morgan fingerprint density at radius 3 is 2.46 bits per heavy atom. The van der Waals surface area contributed by atoms with Crippen molar-refractivity contribution in [3.63, 3.8) is 0 Å². The van der Waals surface area contributed by atoms with Crippen LogP contribution in [-0.4, -0.2) is 54.9 Å². The predicted molar refractivity (Wildman–Crippen MR) is 142 cm³/mol. The summed E-state index contributed by atoms with van der Waals surface area (Å²) in [5, 5.41) is 10.1. The number of hydrogen-bond acceptors (Lipinski definition) is 5. The number of anilines is 1. The van der Waals surface area contributed by atoms with E-state index in [2.05, 4.69) is 4.98 Å². The molecule has 200 valence electrons. The molecular formula is C26H29Cl2F2N3O3S. The van der Waals surface area contributed by atoms with Gasteiger partial charge >= 0.3 is 0 Å². The number of benzene rings is 2. The third-order valence-electron chi connectivity index (χ3n) is 7.25. The van der Waals surface area contributed by atoms with E-state index in [0.717, 1.165) is 18.4 Å². The maximum Gasteiger partial charge on any atom is 0.251 e. The summed E-state index contributed by atoms with van der Waals surface area (Å²) in [6, 6.07) is 8.56. The highest BCUT2D eigenvalue weighted by Gasteiger charge is 2.36. The van der Waals surface area contributed by atoms with E-state index in [9.17, 15) is 22.3 Å². The molecule has 6 nitrogen and oxygen atoms in total. The number of aromatic amines is 1. The van der Waals surface area contributed by atoms with Crippen molar-refractivity contribution >= 4 is 49.8 Å². The van der Waals surface area contributed by atoms with Gasteiger partial charge in [0.2, 0.25) is 0 Å². The minimum Gasteiger partial charge on any atom is -0.396 e. The number of sulfone groups is 1. The van der Waals surface area contributed by atoms with Crippen molar-refractivity contribution in [3.05, 3.63) is 51.8 Å². The lowest BCUT2D eigenvalue weighted by Crippen LogP contribution is -2.39. The van der Waals surface area contributed by atoms with Crippen LogP contribution in [-0.2, 0) is 9.84 Å². The Kier molecular flexibility index (Phi) is 7.44. The maximum absolute atomic E-state index is 13.7. The summed E-state index contributed by atoms with van der Waals surface area (Å²) < 4.78 is 52.7. The van der Waals surface area contributed by atoms with Gasteiger partial charge in [0, 0.05) is 38.5 Å². The molecule has 0 spiro atoms. The average molecular weight is 573 g/mol. The summed E-state index contributed by atoms with van der Waals surface area (Å²) in [5.74, 6) is -1.88. The Morgan fingerprint density at radius 2 is 1.84 bits per heavy atom. The molecule has 2 N–H and O–H groups in total. The number of rotatable bonds is 9. The standard InChI is InChI=1S/C26H29Cl2F2N3O3S/c27-20-14-21-23(22(28)24(20)33-11-9-26(29,30)10-12-33)32-25(31-21)19(2-1-13-34)17-5-7-18(8-6-17)37(35,36)15-16-3-4-16/h5-8,14,16,19,34H,1-4,9-13,15H2,(H,31,32)/t19-/m1/s1. The van der Waals surface area contributed by atoms with Gasteiger partial charge in [-0.05, 0) is 55.4 Å². The fourth-order valence-electron chi connectivity index (χ4n) is 4.96. The molecule has 2 aliphatic rings. The van der Waals surface area contributed by atoms with Crippen LogP contribution >= 0.6 is 23.2 Å². The molecule has 1 aliphatic heterocycles. The fraction of sp³-hybridized carbons (Fsp3) is 0.500. The highest BCUT2D eigenvalue weighted by molar-refractivity contribution is 7.91. The second-order valence-corrected chi connectivity index (χ2v) is 12.9. The maximum atomic E-state index is 13.7. The van der Waals surface area contributed by atoms with Gasteiger partial charge in [-0.25, -0.2) is 22.2 Å². The Bertz CT molecular complexity index is 1380. The summed E-state index contributed by atoms with van der Waals surface area (Å²) in [7, 11) is -3.32. The molecule has 11 heteroatoms. The Morgan fingerprint density at radius 1 is 1.16 bits per heavy atom. The minimum absolute atomic E-state index is 0.000899. The van der Waals surface area contributed by atoms with Crippen molar-refractivity contribution in [2.75, 3.05) is 30.3 Å². The molecule has 3 aromatic rings. The van der Waals surface area contributed by atoms with Crippen LogP contribution < -0.4 is 4.90 Å². The Labute approximate surface area is 224 Å².